The summed E-state index contributed by atoms with van der Waals surface area (Å²) < 4.78 is 14.9. The van der Waals surface area contributed by atoms with Crippen molar-refractivity contribution in [2.45, 2.75) is 12.5 Å². The number of nitrogens with one attached hydrogen (secondary N) is 1. The molecule has 0 radical (unpaired) electrons. The van der Waals surface area contributed by atoms with Gasteiger partial charge in [0.1, 0.15) is 5.82 Å². The number of hydrogen-bond acceptors (Lipinski definition) is 4. The maximum absolute atomic E-state index is 13.3. The Morgan fingerprint density at radius 3 is 2.79 bits per heavy atom. The molecule has 3 aromatic rings. The number of carbonyl (C=O) groups is 1. The first-order valence-electron chi connectivity index (χ1n) is 9.75. The standard InChI is InChI=1S/C22H24FN5O/c1-27-13-18(20(14-27)17-7-3-2-4-8-17)11-24-22(29)21-15-28(26-25-21)12-16-6-5-9-19(23)10-16/h2-10,15,18,20H,11-14H2,1H3,(H,24,29)/t18-,20+/m0/s1. The van der Waals surface area contributed by atoms with Crippen LogP contribution in [-0.2, 0) is 6.54 Å². The molecule has 0 aliphatic carbocycles. The highest BCUT2D eigenvalue weighted by atomic mass is 19.1. The van der Waals surface area contributed by atoms with E-state index in [1.165, 1.54) is 17.7 Å². The van der Waals surface area contributed by atoms with Gasteiger partial charge in [0.25, 0.3) is 5.91 Å². The predicted molar refractivity (Wildman–Crippen MR) is 108 cm³/mol. The Morgan fingerprint density at radius 1 is 1.17 bits per heavy atom. The number of rotatable bonds is 6. The summed E-state index contributed by atoms with van der Waals surface area (Å²) in [6, 6.07) is 16.7. The summed E-state index contributed by atoms with van der Waals surface area (Å²) in [6.07, 6.45) is 1.59. The van der Waals surface area contributed by atoms with E-state index in [0.717, 1.165) is 18.7 Å². The molecule has 2 heterocycles. The maximum Gasteiger partial charge on any atom is 0.273 e. The number of aromatic nitrogens is 3. The lowest BCUT2D eigenvalue weighted by Gasteiger charge is -2.19. The first kappa shape index (κ1) is 19.3. The van der Waals surface area contributed by atoms with Gasteiger partial charge in [0.2, 0.25) is 0 Å². The van der Waals surface area contributed by atoms with Crippen LogP contribution >= 0.6 is 0 Å². The molecule has 2 atom stereocenters. The number of amides is 1. The zero-order chi connectivity index (χ0) is 20.2. The topological polar surface area (TPSA) is 63.1 Å². The van der Waals surface area contributed by atoms with Gasteiger partial charge in [0.15, 0.2) is 5.69 Å². The minimum absolute atomic E-state index is 0.239. The zero-order valence-electron chi connectivity index (χ0n) is 16.3. The molecule has 150 valence electrons. The summed E-state index contributed by atoms with van der Waals surface area (Å²) in [5.74, 6) is 0.200. The summed E-state index contributed by atoms with van der Waals surface area (Å²) in [7, 11) is 2.11. The Kier molecular flexibility index (Phi) is 5.67. The summed E-state index contributed by atoms with van der Waals surface area (Å²) in [4.78, 5) is 14.8. The second-order valence-electron chi connectivity index (χ2n) is 7.64. The van der Waals surface area contributed by atoms with Crippen LogP contribution in [0, 0.1) is 11.7 Å². The van der Waals surface area contributed by atoms with Gasteiger partial charge >= 0.3 is 0 Å². The molecule has 0 spiro atoms. The van der Waals surface area contributed by atoms with Gasteiger partial charge in [0, 0.05) is 25.6 Å². The molecule has 1 amide bonds. The van der Waals surface area contributed by atoms with Crippen LogP contribution < -0.4 is 5.32 Å². The van der Waals surface area contributed by atoms with Crippen molar-refractivity contribution in [3.05, 3.63) is 83.4 Å². The molecule has 1 fully saturated rings. The van der Waals surface area contributed by atoms with Gasteiger partial charge in [-0.2, -0.15) is 0 Å². The minimum atomic E-state index is -0.296. The molecule has 0 saturated carbocycles. The van der Waals surface area contributed by atoms with Crippen molar-refractivity contribution < 1.29 is 9.18 Å². The zero-order valence-corrected chi connectivity index (χ0v) is 16.3. The summed E-state index contributed by atoms with van der Waals surface area (Å²) in [5, 5.41) is 11.0. The quantitative estimate of drug-likeness (QED) is 0.699. The average molecular weight is 393 g/mol. The van der Waals surface area contributed by atoms with Crippen molar-refractivity contribution in [3.8, 4) is 0 Å². The monoisotopic (exact) mass is 393 g/mol. The smallest absolute Gasteiger partial charge is 0.273 e. The highest BCUT2D eigenvalue weighted by Gasteiger charge is 2.32. The molecule has 2 aromatic carbocycles. The molecule has 1 saturated heterocycles. The normalized spacial score (nSPS) is 19.4. The van der Waals surface area contributed by atoms with Crippen LogP contribution in [0.25, 0.3) is 0 Å². The largest absolute Gasteiger partial charge is 0.350 e. The SMILES string of the molecule is CN1C[C@H](CNC(=O)c2cn(Cc3cccc(F)c3)nn2)[C@@H](c2ccccc2)C1. The highest BCUT2D eigenvalue weighted by Crippen LogP contribution is 2.31. The molecule has 29 heavy (non-hydrogen) atoms. The molecule has 0 bridgehead atoms. The van der Waals surface area contributed by atoms with Crippen molar-refractivity contribution in [3.63, 3.8) is 0 Å². The van der Waals surface area contributed by atoms with E-state index in [4.69, 9.17) is 0 Å². The Morgan fingerprint density at radius 2 is 2.00 bits per heavy atom. The molecule has 4 rings (SSSR count). The van der Waals surface area contributed by atoms with Crippen LogP contribution in [-0.4, -0.2) is 52.5 Å². The Labute approximate surface area is 169 Å². The fourth-order valence-corrected chi connectivity index (χ4v) is 3.99. The third kappa shape index (κ3) is 4.68. The third-order valence-electron chi connectivity index (χ3n) is 5.38. The van der Waals surface area contributed by atoms with E-state index >= 15 is 0 Å². The van der Waals surface area contributed by atoms with Crippen molar-refractivity contribution in [2.75, 3.05) is 26.7 Å². The molecule has 0 unspecified atom stereocenters. The number of carbonyl (C=O) groups excluding carboxylic acids is 1. The van der Waals surface area contributed by atoms with Crippen molar-refractivity contribution in [1.29, 1.82) is 0 Å². The van der Waals surface area contributed by atoms with Crippen LogP contribution in [0.1, 0.15) is 27.5 Å². The van der Waals surface area contributed by atoms with Gasteiger partial charge in [-0.05, 0) is 36.2 Å². The first-order valence-corrected chi connectivity index (χ1v) is 9.75. The summed E-state index contributed by atoms with van der Waals surface area (Å²) in [5.41, 5.74) is 2.34. The van der Waals surface area contributed by atoms with Crippen LogP contribution in [0.3, 0.4) is 0 Å². The van der Waals surface area contributed by atoms with Gasteiger partial charge in [-0.25, -0.2) is 9.07 Å². The number of halogens is 1. The fraction of sp³-hybridized carbons (Fsp3) is 0.318. The summed E-state index contributed by atoms with van der Waals surface area (Å²) in [6.45, 7) is 2.86. The van der Waals surface area contributed by atoms with Crippen molar-refractivity contribution >= 4 is 5.91 Å². The van der Waals surface area contributed by atoms with E-state index in [2.05, 4.69) is 51.8 Å². The van der Waals surface area contributed by atoms with E-state index in [-0.39, 0.29) is 17.4 Å². The Hall–Kier alpha value is -3.06. The molecular weight excluding hydrogens is 369 g/mol. The molecule has 1 aliphatic rings. The third-order valence-corrected chi connectivity index (χ3v) is 5.38. The second kappa shape index (κ2) is 8.53. The molecule has 1 aromatic heterocycles. The predicted octanol–water partition coefficient (Wildman–Crippen LogP) is 2.54. The lowest BCUT2D eigenvalue weighted by molar-refractivity contribution is 0.0941. The van der Waals surface area contributed by atoms with E-state index in [0.29, 0.717) is 24.9 Å². The second-order valence-corrected chi connectivity index (χ2v) is 7.64. The minimum Gasteiger partial charge on any atom is -0.350 e. The molecular formula is C22H24FN5O. The Bertz CT molecular complexity index is 974. The number of likely N-dealkylation sites (tertiary alicyclic amines) is 1. The van der Waals surface area contributed by atoms with Crippen molar-refractivity contribution in [2.24, 2.45) is 5.92 Å². The van der Waals surface area contributed by atoms with Crippen LogP contribution in [0.15, 0.2) is 60.8 Å². The molecule has 6 nitrogen and oxygen atoms in total. The first-order chi connectivity index (χ1) is 14.1. The van der Waals surface area contributed by atoms with Crippen LogP contribution in [0.5, 0.6) is 0 Å². The number of likely N-dealkylation sites (N-methyl/N-ethyl adjacent to an activating group) is 1. The Balaban J connectivity index is 1.36. The number of benzene rings is 2. The van der Waals surface area contributed by atoms with E-state index in [1.54, 1.807) is 16.9 Å². The van der Waals surface area contributed by atoms with Crippen LogP contribution in [0.4, 0.5) is 4.39 Å². The van der Waals surface area contributed by atoms with Gasteiger partial charge in [-0.1, -0.05) is 47.7 Å². The highest BCUT2D eigenvalue weighted by molar-refractivity contribution is 5.91. The van der Waals surface area contributed by atoms with E-state index in [1.807, 2.05) is 12.1 Å². The molecule has 1 aliphatic heterocycles. The lowest BCUT2D eigenvalue weighted by atomic mass is 9.89. The van der Waals surface area contributed by atoms with E-state index < -0.39 is 0 Å². The lowest BCUT2D eigenvalue weighted by Crippen LogP contribution is -2.32. The van der Waals surface area contributed by atoms with E-state index in [9.17, 15) is 9.18 Å². The van der Waals surface area contributed by atoms with Crippen LogP contribution in [0.2, 0.25) is 0 Å². The fourth-order valence-electron chi connectivity index (χ4n) is 3.99. The summed E-state index contributed by atoms with van der Waals surface area (Å²) >= 11 is 0. The van der Waals surface area contributed by atoms with Gasteiger partial charge in [-0.15, -0.1) is 5.10 Å². The van der Waals surface area contributed by atoms with Crippen molar-refractivity contribution in [1.82, 2.24) is 25.2 Å². The average Bonchev–Trinajstić information content (AvgIpc) is 3.33. The number of nitrogens with zero attached hydrogens (tertiary/aromatic N) is 4. The van der Waals surface area contributed by atoms with Gasteiger partial charge < -0.3 is 10.2 Å². The van der Waals surface area contributed by atoms with Gasteiger partial charge in [-0.3, -0.25) is 4.79 Å². The maximum atomic E-state index is 13.3. The van der Waals surface area contributed by atoms with Gasteiger partial charge in [0.05, 0.1) is 12.7 Å². The molecule has 1 N–H and O–H groups in total. The molecule has 7 heteroatoms. The number of hydrogen-bond donors (Lipinski definition) is 1.